The number of pyridine rings is 1. The van der Waals surface area contributed by atoms with E-state index in [0.717, 1.165) is 27.9 Å². The van der Waals surface area contributed by atoms with Crippen LogP contribution in [0.5, 0.6) is 0 Å². The van der Waals surface area contributed by atoms with Gasteiger partial charge in [0.25, 0.3) is 5.91 Å². The van der Waals surface area contributed by atoms with Gasteiger partial charge >= 0.3 is 0 Å². The standard InChI is InChI=1S/C20H23N3O2/c1-13-7-8-17-15(10-13)16(11-14(2)22-17)20(24)21-12-18(23(3)4)19-6-5-9-25-19/h5-11,18H,12H2,1-4H3,(H,21,24). The molecule has 5 heteroatoms. The van der Waals surface area contributed by atoms with Crippen molar-refractivity contribution in [2.24, 2.45) is 0 Å². The van der Waals surface area contributed by atoms with Gasteiger partial charge < -0.3 is 9.73 Å². The van der Waals surface area contributed by atoms with Crippen molar-refractivity contribution in [1.82, 2.24) is 15.2 Å². The van der Waals surface area contributed by atoms with E-state index in [0.29, 0.717) is 12.1 Å². The van der Waals surface area contributed by atoms with Crippen LogP contribution in [-0.4, -0.2) is 36.4 Å². The molecule has 2 heterocycles. The van der Waals surface area contributed by atoms with Crippen molar-refractivity contribution < 1.29 is 9.21 Å². The smallest absolute Gasteiger partial charge is 0.252 e. The lowest BCUT2D eigenvalue weighted by molar-refractivity contribution is 0.0940. The third kappa shape index (κ3) is 3.72. The third-order valence-corrected chi connectivity index (χ3v) is 4.29. The van der Waals surface area contributed by atoms with Crippen molar-refractivity contribution >= 4 is 16.8 Å². The minimum absolute atomic E-state index is 0.0186. The number of aromatic nitrogens is 1. The summed E-state index contributed by atoms with van der Waals surface area (Å²) < 4.78 is 5.50. The summed E-state index contributed by atoms with van der Waals surface area (Å²) in [6, 6.07) is 11.6. The molecule has 0 radical (unpaired) electrons. The lowest BCUT2D eigenvalue weighted by atomic mass is 10.0. The Morgan fingerprint density at radius 1 is 1.24 bits per heavy atom. The van der Waals surface area contributed by atoms with Crippen LogP contribution in [0.1, 0.15) is 33.4 Å². The SMILES string of the molecule is Cc1ccc2nc(C)cc(C(=O)NCC(c3ccco3)N(C)C)c2c1. The molecule has 0 bridgehead atoms. The van der Waals surface area contributed by atoms with Crippen LogP contribution in [0, 0.1) is 13.8 Å². The van der Waals surface area contributed by atoms with Crippen LogP contribution in [0.15, 0.2) is 47.1 Å². The van der Waals surface area contributed by atoms with E-state index < -0.39 is 0 Å². The van der Waals surface area contributed by atoms with Crippen LogP contribution in [0.25, 0.3) is 10.9 Å². The van der Waals surface area contributed by atoms with Crippen molar-refractivity contribution in [2.75, 3.05) is 20.6 Å². The molecule has 0 saturated carbocycles. The number of likely N-dealkylation sites (N-methyl/N-ethyl adjacent to an activating group) is 1. The fraction of sp³-hybridized carbons (Fsp3) is 0.300. The maximum atomic E-state index is 12.8. The highest BCUT2D eigenvalue weighted by molar-refractivity contribution is 6.06. The van der Waals surface area contributed by atoms with Crippen molar-refractivity contribution in [3.63, 3.8) is 0 Å². The average Bonchev–Trinajstić information content (AvgIpc) is 3.08. The molecule has 1 N–H and O–H groups in total. The molecule has 1 amide bonds. The summed E-state index contributed by atoms with van der Waals surface area (Å²) in [7, 11) is 3.93. The minimum Gasteiger partial charge on any atom is -0.468 e. The molecular weight excluding hydrogens is 314 g/mol. The molecule has 0 aliphatic rings. The molecule has 25 heavy (non-hydrogen) atoms. The van der Waals surface area contributed by atoms with Crippen molar-refractivity contribution in [1.29, 1.82) is 0 Å². The highest BCUT2D eigenvalue weighted by Gasteiger charge is 2.19. The van der Waals surface area contributed by atoms with Gasteiger partial charge in [-0.25, -0.2) is 0 Å². The Morgan fingerprint density at radius 3 is 2.72 bits per heavy atom. The Kier molecular flexibility index (Phi) is 4.86. The zero-order valence-corrected chi connectivity index (χ0v) is 15.0. The number of amides is 1. The molecule has 5 nitrogen and oxygen atoms in total. The fourth-order valence-corrected chi connectivity index (χ4v) is 2.96. The molecule has 3 aromatic rings. The first kappa shape index (κ1) is 17.2. The molecule has 3 rings (SSSR count). The van der Waals surface area contributed by atoms with Crippen LogP contribution in [0.4, 0.5) is 0 Å². The number of hydrogen-bond donors (Lipinski definition) is 1. The highest BCUT2D eigenvalue weighted by Crippen LogP contribution is 2.21. The average molecular weight is 337 g/mol. The Hall–Kier alpha value is -2.66. The lowest BCUT2D eigenvalue weighted by Gasteiger charge is -2.22. The van der Waals surface area contributed by atoms with E-state index >= 15 is 0 Å². The molecule has 0 saturated heterocycles. The maximum absolute atomic E-state index is 12.8. The van der Waals surface area contributed by atoms with Gasteiger partial charge in [0.1, 0.15) is 5.76 Å². The second-order valence-corrected chi connectivity index (χ2v) is 6.54. The molecule has 1 atom stereocenters. The van der Waals surface area contributed by atoms with E-state index in [1.54, 1.807) is 6.26 Å². The van der Waals surface area contributed by atoms with Crippen LogP contribution < -0.4 is 5.32 Å². The van der Waals surface area contributed by atoms with Crippen LogP contribution in [-0.2, 0) is 0 Å². The van der Waals surface area contributed by atoms with E-state index in [-0.39, 0.29) is 11.9 Å². The second-order valence-electron chi connectivity index (χ2n) is 6.54. The molecule has 0 aliphatic carbocycles. The summed E-state index contributed by atoms with van der Waals surface area (Å²) in [5.74, 6) is 0.733. The summed E-state index contributed by atoms with van der Waals surface area (Å²) in [4.78, 5) is 19.4. The van der Waals surface area contributed by atoms with Gasteiger partial charge in [0.2, 0.25) is 0 Å². The minimum atomic E-state index is -0.0977. The molecule has 1 aromatic carbocycles. The van der Waals surface area contributed by atoms with E-state index in [4.69, 9.17) is 4.42 Å². The number of nitrogens with zero attached hydrogens (tertiary/aromatic N) is 2. The molecular formula is C20H23N3O2. The molecule has 0 spiro atoms. The molecule has 130 valence electrons. The van der Waals surface area contributed by atoms with Crippen molar-refractivity contribution in [3.05, 3.63) is 65.2 Å². The van der Waals surface area contributed by atoms with Gasteiger partial charge in [-0.3, -0.25) is 14.7 Å². The van der Waals surface area contributed by atoms with Gasteiger partial charge in [0.15, 0.2) is 0 Å². The van der Waals surface area contributed by atoms with Gasteiger partial charge in [0.05, 0.1) is 23.4 Å². The first-order valence-corrected chi connectivity index (χ1v) is 8.31. The number of carbonyl (C=O) groups is 1. The first-order valence-electron chi connectivity index (χ1n) is 8.31. The normalized spacial score (nSPS) is 12.5. The largest absolute Gasteiger partial charge is 0.468 e. The Bertz CT molecular complexity index is 885. The number of aryl methyl sites for hydroxylation is 2. The number of carbonyl (C=O) groups excluding carboxylic acids is 1. The lowest BCUT2D eigenvalue weighted by Crippen LogP contribution is -2.34. The number of rotatable bonds is 5. The summed E-state index contributed by atoms with van der Waals surface area (Å²) in [5.41, 5.74) is 3.43. The molecule has 0 aliphatic heterocycles. The van der Waals surface area contributed by atoms with Gasteiger partial charge in [-0.2, -0.15) is 0 Å². The Morgan fingerprint density at radius 2 is 2.04 bits per heavy atom. The van der Waals surface area contributed by atoms with Gasteiger partial charge in [-0.05, 0) is 58.3 Å². The summed E-state index contributed by atoms with van der Waals surface area (Å²) in [5, 5.41) is 3.92. The summed E-state index contributed by atoms with van der Waals surface area (Å²) >= 11 is 0. The fourth-order valence-electron chi connectivity index (χ4n) is 2.96. The summed E-state index contributed by atoms with van der Waals surface area (Å²) in [6.07, 6.45) is 1.65. The Labute approximate surface area is 147 Å². The quantitative estimate of drug-likeness (QED) is 0.774. The monoisotopic (exact) mass is 337 g/mol. The summed E-state index contributed by atoms with van der Waals surface area (Å²) in [6.45, 7) is 4.38. The number of nitrogens with one attached hydrogen (secondary N) is 1. The molecule has 2 aromatic heterocycles. The Balaban J connectivity index is 1.86. The number of fused-ring (bicyclic) bond motifs is 1. The number of benzene rings is 1. The predicted octanol–water partition coefficient (Wildman–Crippen LogP) is 3.48. The van der Waals surface area contributed by atoms with Gasteiger partial charge in [-0.1, -0.05) is 11.6 Å². The van der Waals surface area contributed by atoms with E-state index in [9.17, 15) is 4.79 Å². The van der Waals surface area contributed by atoms with E-state index in [1.165, 1.54) is 0 Å². The van der Waals surface area contributed by atoms with E-state index in [2.05, 4.69) is 10.3 Å². The van der Waals surface area contributed by atoms with Crippen LogP contribution in [0.3, 0.4) is 0 Å². The molecule has 0 fully saturated rings. The van der Waals surface area contributed by atoms with Crippen LogP contribution in [0.2, 0.25) is 0 Å². The highest BCUT2D eigenvalue weighted by atomic mass is 16.3. The second kappa shape index (κ2) is 7.07. The first-order chi connectivity index (χ1) is 12.0. The van der Waals surface area contributed by atoms with Crippen molar-refractivity contribution in [2.45, 2.75) is 19.9 Å². The maximum Gasteiger partial charge on any atom is 0.252 e. The van der Waals surface area contributed by atoms with Crippen molar-refractivity contribution in [3.8, 4) is 0 Å². The zero-order chi connectivity index (χ0) is 18.0. The van der Waals surface area contributed by atoms with Crippen LogP contribution >= 0.6 is 0 Å². The van der Waals surface area contributed by atoms with E-state index in [1.807, 2.05) is 69.2 Å². The zero-order valence-electron chi connectivity index (χ0n) is 15.0. The van der Waals surface area contributed by atoms with Gasteiger partial charge in [-0.15, -0.1) is 0 Å². The van der Waals surface area contributed by atoms with Gasteiger partial charge in [0, 0.05) is 17.6 Å². The predicted molar refractivity (Wildman–Crippen MR) is 98.7 cm³/mol. The third-order valence-electron chi connectivity index (χ3n) is 4.29. The topological polar surface area (TPSA) is 58.4 Å². The number of furan rings is 1. The molecule has 1 unspecified atom stereocenters. The number of hydrogen-bond acceptors (Lipinski definition) is 4.